The maximum atomic E-state index is 13.3. The Bertz CT molecular complexity index is 606. The van der Waals surface area contributed by atoms with E-state index in [1.54, 1.807) is 12.3 Å². The molecule has 4 nitrogen and oxygen atoms in total. The van der Waals surface area contributed by atoms with E-state index in [2.05, 4.69) is 20.6 Å². The van der Waals surface area contributed by atoms with Crippen LogP contribution in [0.25, 0.3) is 0 Å². The van der Waals surface area contributed by atoms with Gasteiger partial charge in [0.15, 0.2) is 0 Å². The Hall–Kier alpha value is -1.43. The SMILES string of the molecule is Cl.Fc1cc(Nc2ncc3c(n2)CNC3)ccc1Cl. The first kappa shape index (κ1) is 14.0. The number of benzene rings is 1. The zero-order valence-corrected chi connectivity index (χ0v) is 11.4. The molecule has 0 saturated heterocycles. The van der Waals surface area contributed by atoms with Gasteiger partial charge in [-0.2, -0.15) is 0 Å². The van der Waals surface area contributed by atoms with Crippen molar-refractivity contribution in [2.24, 2.45) is 0 Å². The maximum Gasteiger partial charge on any atom is 0.227 e. The van der Waals surface area contributed by atoms with Crippen LogP contribution in [0.15, 0.2) is 24.4 Å². The van der Waals surface area contributed by atoms with E-state index in [0.29, 0.717) is 11.6 Å². The molecule has 0 radical (unpaired) electrons. The Morgan fingerprint density at radius 2 is 2.16 bits per heavy atom. The van der Waals surface area contributed by atoms with E-state index >= 15 is 0 Å². The first-order valence-corrected chi connectivity index (χ1v) is 5.88. The molecule has 1 aromatic carbocycles. The van der Waals surface area contributed by atoms with Gasteiger partial charge in [0.2, 0.25) is 5.95 Å². The summed E-state index contributed by atoms with van der Waals surface area (Å²) in [5.74, 6) is -0.0105. The van der Waals surface area contributed by atoms with E-state index in [9.17, 15) is 4.39 Å². The van der Waals surface area contributed by atoms with Crippen LogP contribution >= 0.6 is 24.0 Å². The Balaban J connectivity index is 0.00000133. The van der Waals surface area contributed by atoms with Crippen molar-refractivity contribution in [3.05, 3.63) is 46.5 Å². The van der Waals surface area contributed by atoms with Gasteiger partial charge in [0.05, 0.1) is 10.7 Å². The molecule has 0 saturated carbocycles. The summed E-state index contributed by atoms with van der Waals surface area (Å²) >= 11 is 5.62. The summed E-state index contributed by atoms with van der Waals surface area (Å²) in [5, 5.41) is 6.24. The van der Waals surface area contributed by atoms with Crippen molar-refractivity contribution >= 4 is 35.6 Å². The molecule has 2 N–H and O–H groups in total. The molecule has 0 fully saturated rings. The second-order valence-corrected chi connectivity index (χ2v) is 4.43. The first-order chi connectivity index (χ1) is 8.72. The zero-order valence-electron chi connectivity index (χ0n) is 9.78. The number of fused-ring (bicyclic) bond motifs is 1. The average Bonchev–Trinajstić information content (AvgIpc) is 2.81. The third kappa shape index (κ3) is 2.94. The van der Waals surface area contributed by atoms with Gasteiger partial charge in [0.25, 0.3) is 0 Å². The lowest BCUT2D eigenvalue weighted by Gasteiger charge is -2.06. The van der Waals surface area contributed by atoms with Gasteiger partial charge in [-0.25, -0.2) is 14.4 Å². The van der Waals surface area contributed by atoms with Crippen LogP contribution in [0.3, 0.4) is 0 Å². The van der Waals surface area contributed by atoms with Gasteiger partial charge in [0.1, 0.15) is 5.82 Å². The minimum atomic E-state index is -0.468. The highest BCUT2D eigenvalue weighted by atomic mass is 35.5. The van der Waals surface area contributed by atoms with E-state index in [4.69, 9.17) is 11.6 Å². The number of nitrogens with zero attached hydrogens (tertiary/aromatic N) is 2. The molecule has 0 aliphatic carbocycles. The van der Waals surface area contributed by atoms with Crippen molar-refractivity contribution in [3.63, 3.8) is 0 Å². The number of halogens is 3. The summed E-state index contributed by atoms with van der Waals surface area (Å²) in [5.41, 5.74) is 2.65. The molecule has 0 atom stereocenters. The summed E-state index contributed by atoms with van der Waals surface area (Å²) in [6.07, 6.45) is 1.77. The fourth-order valence-corrected chi connectivity index (χ4v) is 1.94. The third-order valence-electron chi connectivity index (χ3n) is 2.74. The summed E-state index contributed by atoms with van der Waals surface area (Å²) in [6, 6.07) is 4.49. The molecule has 7 heteroatoms. The average molecular weight is 301 g/mol. The van der Waals surface area contributed by atoms with Crippen molar-refractivity contribution in [3.8, 4) is 0 Å². The summed E-state index contributed by atoms with van der Waals surface area (Å²) in [6.45, 7) is 1.53. The summed E-state index contributed by atoms with van der Waals surface area (Å²) in [4.78, 5) is 8.54. The number of nitrogens with one attached hydrogen (secondary N) is 2. The normalized spacial score (nSPS) is 12.7. The van der Waals surface area contributed by atoms with Gasteiger partial charge in [0, 0.05) is 30.5 Å². The van der Waals surface area contributed by atoms with Crippen LogP contribution in [0.5, 0.6) is 0 Å². The monoisotopic (exact) mass is 300 g/mol. The van der Waals surface area contributed by atoms with E-state index in [0.717, 1.165) is 24.3 Å². The molecule has 0 amide bonds. The molecule has 1 aliphatic heterocycles. The Morgan fingerprint density at radius 3 is 2.95 bits per heavy atom. The minimum absolute atomic E-state index is 0. The number of rotatable bonds is 2. The molecule has 2 heterocycles. The standard InChI is InChI=1S/C12H10ClFN4.ClH/c13-9-2-1-8(3-10(9)14)17-12-16-5-7-4-15-6-11(7)18-12;/h1-3,5,15H,4,6H2,(H,16,17,18);1H. The molecular weight excluding hydrogens is 290 g/mol. The molecule has 2 aromatic rings. The highest BCUT2D eigenvalue weighted by molar-refractivity contribution is 6.30. The predicted molar refractivity (Wildman–Crippen MR) is 74.5 cm³/mol. The second-order valence-electron chi connectivity index (χ2n) is 4.02. The molecule has 3 rings (SSSR count). The molecule has 0 unspecified atom stereocenters. The smallest absolute Gasteiger partial charge is 0.227 e. The number of anilines is 2. The fraction of sp³-hybridized carbons (Fsp3) is 0.167. The van der Waals surface area contributed by atoms with Gasteiger partial charge >= 0.3 is 0 Å². The number of hydrogen-bond acceptors (Lipinski definition) is 4. The topological polar surface area (TPSA) is 49.8 Å². The summed E-state index contributed by atoms with van der Waals surface area (Å²) < 4.78 is 13.3. The molecule has 1 aromatic heterocycles. The Morgan fingerprint density at radius 1 is 1.32 bits per heavy atom. The van der Waals surface area contributed by atoms with Crippen molar-refractivity contribution in [2.75, 3.05) is 5.32 Å². The summed E-state index contributed by atoms with van der Waals surface area (Å²) in [7, 11) is 0. The lowest BCUT2D eigenvalue weighted by Crippen LogP contribution is -2.01. The molecule has 1 aliphatic rings. The molecular formula is C12H11Cl2FN4. The Kier molecular flexibility index (Phi) is 4.19. The van der Waals surface area contributed by atoms with E-state index in [1.807, 2.05) is 0 Å². The minimum Gasteiger partial charge on any atom is -0.324 e. The largest absolute Gasteiger partial charge is 0.324 e. The van der Waals surface area contributed by atoms with Crippen molar-refractivity contribution in [1.82, 2.24) is 15.3 Å². The van der Waals surface area contributed by atoms with Gasteiger partial charge in [-0.1, -0.05) is 11.6 Å². The van der Waals surface area contributed by atoms with Gasteiger partial charge < -0.3 is 10.6 Å². The lowest BCUT2D eigenvalue weighted by molar-refractivity contribution is 0.629. The van der Waals surface area contributed by atoms with Crippen LogP contribution in [0.4, 0.5) is 16.0 Å². The fourth-order valence-electron chi connectivity index (χ4n) is 1.82. The van der Waals surface area contributed by atoms with Gasteiger partial charge in [-0.05, 0) is 18.2 Å². The van der Waals surface area contributed by atoms with Crippen LogP contribution < -0.4 is 10.6 Å². The number of aromatic nitrogens is 2. The van der Waals surface area contributed by atoms with Gasteiger partial charge in [-0.3, -0.25) is 0 Å². The van der Waals surface area contributed by atoms with E-state index in [1.165, 1.54) is 12.1 Å². The zero-order chi connectivity index (χ0) is 12.5. The highest BCUT2D eigenvalue weighted by Crippen LogP contribution is 2.21. The molecule has 19 heavy (non-hydrogen) atoms. The van der Waals surface area contributed by atoms with Crippen molar-refractivity contribution in [2.45, 2.75) is 13.1 Å². The Labute approximate surface area is 120 Å². The van der Waals surface area contributed by atoms with Crippen LogP contribution in [0.1, 0.15) is 11.3 Å². The van der Waals surface area contributed by atoms with Crippen LogP contribution in [0, 0.1) is 5.82 Å². The maximum absolute atomic E-state index is 13.3. The molecule has 0 bridgehead atoms. The molecule has 100 valence electrons. The van der Waals surface area contributed by atoms with E-state index < -0.39 is 5.82 Å². The predicted octanol–water partition coefficient (Wildman–Crippen LogP) is 3.04. The van der Waals surface area contributed by atoms with Crippen molar-refractivity contribution in [1.29, 1.82) is 0 Å². The highest BCUT2D eigenvalue weighted by Gasteiger charge is 2.12. The quantitative estimate of drug-likeness (QED) is 0.895. The van der Waals surface area contributed by atoms with Crippen LogP contribution in [0.2, 0.25) is 5.02 Å². The van der Waals surface area contributed by atoms with Crippen molar-refractivity contribution < 1.29 is 4.39 Å². The first-order valence-electron chi connectivity index (χ1n) is 5.50. The lowest BCUT2D eigenvalue weighted by atomic mass is 10.3. The number of hydrogen-bond donors (Lipinski definition) is 2. The van der Waals surface area contributed by atoms with Crippen LogP contribution in [-0.4, -0.2) is 9.97 Å². The second kappa shape index (κ2) is 5.69. The van der Waals surface area contributed by atoms with E-state index in [-0.39, 0.29) is 17.4 Å². The third-order valence-corrected chi connectivity index (χ3v) is 3.04. The molecule has 0 spiro atoms. The van der Waals surface area contributed by atoms with Crippen LogP contribution in [-0.2, 0) is 13.1 Å². The van der Waals surface area contributed by atoms with Gasteiger partial charge in [-0.15, -0.1) is 12.4 Å².